The smallest absolute Gasteiger partial charge is 0.267 e. The van der Waals surface area contributed by atoms with Gasteiger partial charge in [-0.15, -0.1) is 0 Å². The van der Waals surface area contributed by atoms with Crippen LogP contribution in [0.5, 0.6) is 0 Å². The summed E-state index contributed by atoms with van der Waals surface area (Å²) in [6.45, 7) is 1.46. The molecule has 0 aromatic heterocycles. The molecule has 0 saturated heterocycles. The van der Waals surface area contributed by atoms with E-state index in [1.807, 2.05) is 42.5 Å². The van der Waals surface area contributed by atoms with E-state index in [-0.39, 0.29) is 6.54 Å². The Morgan fingerprint density at radius 1 is 0.818 bits per heavy atom. The largest absolute Gasteiger partial charge is 0.339 e. The van der Waals surface area contributed by atoms with Crippen LogP contribution in [0.1, 0.15) is 32.6 Å². The fourth-order valence-electron chi connectivity index (χ4n) is 3.05. The van der Waals surface area contributed by atoms with E-state index in [1.54, 1.807) is 24.3 Å². The fourth-order valence-corrected chi connectivity index (χ4v) is 3.05. The quantitative estimate of drug-likeness (QED) is 0.208. The number of nitrogens with two attached hydrogens (primary N) is 1. The number of benzene rings is 3. The monoisotopic (exact) mass is 442 g/mol. The van der Waals surface area contributed by atoms with Gasteiger partial charge >= 0.3 is 0 Å². The third-order valence-electron chi connectivity index (χ3n) is 4.92. The molecule has 0 bridgehead atoms. The van der Waals surface area contributed by atoms with Crippen molar-refractivity contribution in [2.75, 3.05) is 6.54 Å². The summed E-state index contributed by atoms with van der Waals surface area (Å²) in [7, 11) is 0. The first-order chi connectivity index (χ1) is 16.1. The number of nitrogens with one attached hydrogen (secondary N) is 3. The van der Waals surface area contributed by atoms with Crippen LogP contribution in [0, 0.1) is 11.8 Å². The highest BCUT2D eigenvalue weighted by Gasteiger charge is 2.19. The zero-order chi connectivity index (χ0) is 23.5. The highest BCUT2D eigenvalue weighted by molar-refractivity contribution is 5.97. The average Bonchev–Trinajstić information content (AvgIpc) is 2.87. The summed E-state index contributed by atoms with van der Waals surface area (Å²) >= 11 is 0. The van der Waals surface area contributed by atoms with Crippen LogP contribution in [0.3, 0.4) is 0 Å². The van der Waals surface area contributed by atoms with Crippen molar-refractivity contribution < 1.29 is 14.8 Å². The molecule has 3 rings (SSSR count). The first-order valence-electron chi connectivity index (χ1n) is 10.5. The zero-order valence-corrected chi connectivity index (χ0v) is 18.0. The fraction of sp³-hybridized carbons (Fsp3) is 0.154. The molecule has 0 spiro atoms. The molecule has 0 radical (unpaired) electrons. The van der Waals surface area contributed by atoms with E-state index < -0.39 is 17.9 Å². The van der Waals surface area contributed by atoms with Crippen LogP contribution < -0.4 is 21.8 Å². The van der Waals surface area contributed by atoms with Crippen LogP contribution >= 0.6 is 0 Å². The van der Waals surface area contributed by atoms with Crippen molar-refractivity contribution in [1.82, 2.24) is 16.1 Å². The molecule has 3 aromatic rings. The summed E-state index contributed by atoms with van der Waals surface area (Å²) in [6, 6.07) is 24.0. The van der Waals surface area contributed by atoms with Gasteiger partial charge in [0.25, 0.3) is 11.8 Å². The number of carbonyl (C=O) groups excluding carboxylic acids is 2. The first kappa shape index (κ1) is 23.7. The first-order valence-corrected chi connectivity index (χ1v) is 10.5. The number of hydrogen-bond acceptors (Lipinski definition) is 5. The Balaban J connectivity index is 1.53. The van der Waals surface area contributed by atoms with Crippen molar-refractivity contribution in [3.05, 3.63) is 107 Å². The van der Waals surface area contributed by atoms with Crippen LogP contribution in [0.4, 0.5) is 0 Å². The van der Waals surface area contributed by atoms with Crippen LogP contribution in [0.2, 0.25) is 0 Å². The molecule has 0 unspecified atom stereocenters. The molecule has 0 aliphatic carbocycles. The Labute approximate surface area is 193 Å². The van der Waals surface area contributed by atoms with Gasteiger partial charge in [0.05, 0.1) is 0 Å². The molecule has 0 fully saturated rings. The maximum atomic E-state index is 12.2. The van der Waals surface area contributed by atoms with E-state index in [1.165, 1.54) is 16.6 Å². The highest BCUT2D eigenvalue weighted by Crippen LogP contribution is 2.07. The van der Waals surface area contributed by atoms with E-state index >= 15 is 0 Å². The van der Waals surface area contributed by atoms with E-state index in [4.69, 9.17) is 10.9 Å². The van der Waals surface area contributed by atoms with Crippen molar-refractivity contribution >= 4 is 11.8 Å². The van der Waals surface area contributed by atoms with Gasteiger partial charge in [0.15, 0.2) is 0 Å². The van der Waals surface area contributed by atoms with Crippen molar-refractivity contribution in [2.45, 2.75) is 19.1 Å². The SMILES string of the molecule is NC[C@H](NC(=O)c1ccc(C#Cc2ccc(CNCc3ccccc3)cc2)cc1)C(=O)NO. The number of amides is 2. The second kappa shape index (κ2) is 12.2. The standard InChI is InChI=1S/C26H26N4O3/c27-16-24(26(32)30-33)29-25(31)23-14-12-20(13-15-23)7-6-19-8-10-22(11-9-19)18-28-17-21-4-2-1-3-5-21/h1-5,8-15,24,28,33H,16-18,27H2,(H,29,31)(H,30,32)/t24-/m0/s1. The summed E-state index contributed by atoms with van der Waals surface area (Å²) in [5.41, 5.74) is 11.4. The molecule has 0 saturated carbocycles. The Hall–Kier alpha value is -3.96. The minimum atomic E-state index is -1.02. The molecule has 7 nitrogen and oxygen atoms in total. The number of carbonyl (C=O) groups is 2. The van der Waals surface area contributed by atoms with E-state index in [9.17, 15) is 9.59 Å². The van der Waals surface area contributed by atoms with Crippen molar-refractivity contribution in [3.8, 4) is 11.8 Å². The van der Waals surface area contributed by atoms with Crippen LogP contribution in [-0.4, -0.2) is 29.6 Å². The predicted molar refractivity (Wildman–Crippen MR) is 126 cm³/mol. The van der Waals surface area contributed by atoms with Gasteiger partial charge in [-0.25, -0.2) is 5.48 Å². The van der Waals surface area contributed by atoms with Gasteiger partial charge in [0, 0.05) is 36.3 Å². The van der Waals surface area contributed by atoms with Gasteiger partial charge in [0.1, 0.15) is 6.04 Å². The molecule has 33 heavy (non-hydrogen) atoms. The van der Waals surface area contributed by atoms with Crippen LogP contribution in [0.25, 0.3) is 0 Å². The lowest BCUT2D eigenvalue weighted by Crippen LogP contribution is -2.50. The Kier molecular flexibility index (Phi) is 8.74. The molecule has 0 heterocycles. The topological polar surface area (TPSA) is 116 Å². The molecular weight excluding hydrogens is 416 g/mol. The van der Waals surface area contributed by atoms with E-state index in [0.29, 0.717) is 5.56 Å². The summed E-state index contributed by atoms with van der Waals surface area (Å²) < 4.78 is 0. The van der Waals surface area contributed by atoms with E-state index in [0.717, 1.165) is 24.2 Å². The van der Waals surface area contributed by atoms with Crippen molar-refractivity contribution in [1.29, 1.82) is 0 Å². The normalized spacial score (nSPS) is 11.1. The molecule has 1 atom stereocenters. The number of hydrogen-bond donors (Lipinski definition) is 5. The molecule has 0 aliphatic heterocycles. The van der Waals surface area contributed by atoms with Gasteiger partial charge < -0.3 is 16.4 Å². The lowest BCUT2D eigenvalue weighted by Gasteiger charge is -2.14. The van der Waals surface area contributed by atoms with Crippen LogP contribution in [0.15, 0.2) is 78.9 Å². The second-order valence-electron chi connectivity index (χ2n) is 7.35. The molecule has 7 heteroatoms. The molecule has 0 aliphatic rings. The highest BCUT2D eigenvalue weighted by atomic mass is 16.5. The van der Waals surface area contributed by atoms with E-state index in [2.05, 4.69) is 34.6 Å². The number of rotatable bonds is 8. The Bertz CT molecular complexity index is 1120. The third kappa shape index (κ3) is 7.30. The Morgan fingerprint density at radius 2 is 1.36 bits per heavy atom. The van der Waals surface area contributed by atoms with Gasteiger partial charge in [-0.1, -0.05) is 54.3 Å². The molecule has 168 valence electrons. The molecule has 2 amide bonds. The molecule has 3 aromatic carbocycles. The maximum Gasteiger partial charge on any atom is 0.267 e. The van der Waals surface area contributed by atoms with Gasteiger partial charge in [-0.05, 0) is 47.5 Å². The predicted octanol–water partition coefficient (Wildman–Crippen LogP) is 1.94. The number of hydroxylamine groups is 1. The summed E-state index contributed by atoms with van der Waals surface area (Å²) in [6.07, 6.45) is 0. The third-order valence-corrected chi connectivity index (χ3v) is 4.92. The zero-order valence-electron chi connectivity index (χ0n) is 18.0. The van der Waals surface area contributed by atoms with Crippen molar-refractivity contribution in [3.63, 3.8) is 0 Å². The van der Waals surface area contributed by atoms with Gasteiger partial charge in [-0.3, -0.25) is 14.8 Å². The average molecular weight is 443 g/mol. The lowest BCUT2D eigenvalue weighted by atomic mass is 10.1. The minimum absolute atomic E-state index is 0.135. The minimum Gasteiger partial charge on any atom is -0.339 e. The van der Waals surface area contributed by atoms with Crippen LogP contribution in [-0.2, 0) is 17.9 Å². The summed E-state index contributed by atoms with van der Waals surface area (Å²) in [5, 5.41) is 14.6. The Morgan fingerprint density at radius 3 is 1.91 bits per heavy atom. The molecular formula is C26H26N4O3. The summed E-state index contributed by atoms with van der Waals surface area (Å²) in [5.74, 6) is 4.95. The van der Waals surface area contributed by atoms with Gasteiger partial charge in [-0.2, -0.15) is 0 Å². The maximum absolute atomic E-state index is 12.2. The lowest BCUT2D eigenvalue weighted by molar-refractivity contribution is -0.130. The molecule has 6 N–H and O–H groups in total. The van der Waals surface area contributed by atoms with Crippen molar-refractivity contribution in [2.24, 2.45) is 5.73 Å². The second-order valence-corrected chi connectivity index (χ2v) is 7.35. The summed E-state index contributed by atoms with van der Waals surface area (Å²) in [4.78, 5) is 23.7. The van der Waals surface area contributed by atoms with Gasteiger partial charge in [0.2, 0.25) is 0 Å².